The molecule has 0 amide bonds. The van der Waals surface area contributed by atoms with Gasteiger partial charge in [-0.05, 0) is 0 Å². The van der Waals surface area contributed by atoms with Gasteiger partial charge >= 0.3 is 0 Å². The van der Waals surface area contributed by atoms with Gasteiger partial charge in [-0.25, -0.2) is 0 Å². The van der Waals surface area contributed by atoms with Crippen molar-refractivity contribution in [3.8, 4) is 0 Å². The van der Waals surface area contributed by atoms with Crippen LogP contribution < -0.4 is 0 Å². The molecule has 12 heavy (non-hydrogen) atoms. The molecule has 1 fully saturated rings. The molecular weight excluding hydrogens is 168 g/mol. The van der Waals surface area contributed by atoms with E-state index in [9.17, 15) is 5.11 Å². The Labute approximate surface area is 68.6 Å². The minimum atomic E-state index is -2.16. The zero-order chi connectivity index (χ0) is 9.35. The van der Waals surface area contributed by atoms with Crippen LogP contribution >= 0.6 is 0 Å². The van der Waals surface area contributed by atoms with Crippen molar-refractivity contribution >= 4 is 0 Å². The third-order valence-electron chi connectivity index (χ3n) is 1.93. The van der Waals surface area contributed by atoms with Gasteiger partial charge in [-0.2, -0.15) is 0 Å². The normalized spacial score (nSPS) is 48.2. The van der Waals surface area contributed by atoms with Crippen LogP contribution in [0.25, 0.3) is 0 Å². The quantitative estimate of drug-likeness (QED) is 0.306. The number of hydrogen-bond acceptors (Lipinski definition) is 6. The predicted octanol–water partition coefficient (Wildman–Crippen LogP) is -3.22. The fraction of sp³-hybridized carbons (Fsp3) is 1.00. The molecule has 6 nitrogen and oxygen atoms in total. The fourth-order valence-corrected chi connectivity index (χ4v) is 1.15. The van der Waals surface area contributed by atoms with E-state index in [4.69, 9.17) is 20.4 Å². The lowest BCUT2D eigenvalue weighted by Crippen LogP contribution is -2.46. The second kappa shape index (κ2) is 3.25. The first kappa shape index (κ1) is 9.85. The highest BCUT2D eigenvalue weighted by Gasteiger charge is 2.52. The molecule has 1 heterocycles. The molecule has 1 aliphatic heterocycles. The summed E-state index contributed by atoms with van der Waals surface area (Å²) < 4.78 is 4.63. The first-order valence-corrected chi connectivity index (χ1v) is 3.53. The highest BCUT2D eigenvalue weighted by Crippen LogP contribution is 2.28. The second-order valence-corrected chi connectivity index (χ2v) is 2.78. The van der Waals surface area contributed by atoms with Crippen molar-refractivity contribution in [1.82, 2.24) is 0 Å². The van der Waals surface area contributed by atoms with E-state index in [0.29, 0.717) is 0 Å². The Morgan fingerprint density at radius 2 is 1.83 bits per heavy atom. The van der Waals surface area contributed by atoms with Crippen LogP contribution in [0.5, 0.6) is 0 Å². The van der Waals surface area contributed by atoms with Crippen molar-refractivity contribution in [2.45, 2.75) is 24.1 Å². The van der Waals surface area contributed by atoms with Gasteiger partial charge in [-0.15, -0.1) is 0 Å². The standard InChI is InChI=1S/C6H12O6/c7-1-3-4(9)5(10)6(11,2-8)12-3/h3-5,7-11H,1-2H2/t3-,4-,5-,6+/m0/s1. The molecule has 6 heteroatoms. The molecule has 1 rings (SSSR count). The summed E-state index contributed by atoms with van der Waals surface area (Å²) in [7, 11) is 0. The van der Waals surface area contributed by atoms with Gasteiger partial charge < -0.3 is 30.3 Å². The minimum absolute atomic E-state index is 0.527. The number of aliphatic hydroxyl groups is 5. The maximum absolute atomic E-state index is 9.25. The van der Waals surface area contributed by atoms with Crippen molar-refractivity contribution in [3.63, 3.8) is 0 Å². The monoisotopic (exact) mass is 180 g/mol. The first-order chi connectivity index (χ1) is 5.55. The van der Waals surface area contributed by atoms with Crippen LogP contribution in [0.15, 0.2) is 0 Å². The van der Waals surface area contributed by atoms with Crippen LogP contribution in [0, 0.1) is 0 Å². The molecule has 0 spiro atoms. The topological polar surface area (TPSA) is 110 Å². The van der Waals surface area contributed by atoms with Crippen LogP contribution in [0.3, 0.4) is 0 Å². The Bertz CT molecular complexity index is 162. The van der Waals surface area contributed by atoms with E-state index in [1.54, 1.807) is 0 Å². The van der Waals surface area contributed by atoms with Crippen LogP contribution in [-0.4, -0.2) is 62.8 Å². The Balaban J connectivity index is 2.72. The summed E-state index contributed by atoms with van der Waals surface area (Å²) in [5.74, 6) is -2.16. The Morgan fingerprint density at radius 1 is 1.25 bits per heavy atom. The van der Waals surface area contributed by atoms with Gasteiger partial charge in [0.05, 0.1) is 13.2 Å². The average molecular weight is 180 g/mol. The van der Waals surface area contributed by atoms with E-state index in [1.165, 1.54) is 0 Å². The largest absolute Gasteiger partial charge is 0.394 e. The first-order valence-electron chi connectivity index (χ1n) is 3.53. The van der Waals surface area contributed by atoms with Crippen molar-refractivity contribution in [3.05, 3.63) is 0 Å². The molecule has 1 saturated heterocycles. The highest BCUT2D eigenvalue weighted by molar-refractivity contribution is 4.94. The van der Waals surface area contributed by atoms with Gasteiger partial charge in [-0.1, -0.05) is 0 Å². The number of ether oxygens (including phenoxy) is 1. The molecule has 0 saturated carbocycles. The summed E-state index contributed by atoms with van der Waals surface area (Å²) in [5, 5.41) is 44.7. The summed E-state index contributed by atoms with van der Waals surface area (Å²) in [6.07, 6.45) is -4.04. The summed E-state index contributed by atoms with van der Waals surface area (Å²) in [5.41, 5.74) is 0. The Hall–Kier alpha value is -0.240. The number of hydrogen-bond donors (Lipinski definition) is 5. The molecule has 0 radical (unpaired) electrons. The van der Waals surface area contributed by atoms with Crippen LogP contribution in [0.4, 0.5) is 0 Å². The molecular formula is C6H12O6. The molecule has 0 aliphatic carbocycles. The third-order valence-corrected chi connectivity index (χ3v) is 1.93. The zero-order valence-corrected chi connectivity index (χ0v) is 6.29. The SMILES string of the molecule is OC[C@@H]1O[C@](O)(CO)[C@@H](O)[C@H]1O. The molecule has 0 unspecified atom stereocenters. The lowest BCUT2D eigenvalue weighted by atomic mass is 10.1. The Morgan fingerprint density at radius 3 is 2.08 bits per heavy atom. The lowest BCUT2D eigenvalue weighted by Gasteiger charge is -2.22. The van der Waals surface area contributed by atoms with Crippen molar-refractivity contribution in [2.24, 2.45) is 0 Å². The van der Waals surface area contributed by atoms with Crippen LogP contribution in [0.1, 0.15) is 0 Å². The van der Waals surface area contributed by atoms with E-state index in [2.05, 4.69) is 4.74 Å². The van der Waals surface area contributed by atoms with Crippen molar-refractivity contribution < 1.29 is 30.3 Å². The molecule has 1 aliphatic rings. The van der Waals surface area contributed by atoms with Gasteiger partial charge in [0.2, 0.25) is 5.79 Å². The maximum Gasteiger partial charge on any atom is 0.219 e. The van der Waals surface area contributed by atoms with Gasteiger partial charge in [0.1, 0.15) is 18.3 Å². The van der Waals surface area contributed by atoms with Gasteiger partial charge in [0, 0.05) is 0 Å². The van der Waals surface area contributed by atoms with E-state index < -0.39 is 37.3 Å². The fourth-order valence-electron chi connectivity index (χ4n) is 1.15. The smallest absolute Gasteiger partial charge is 0.219 e. The van der Waals surface area contributed by atoms with E-state index >= 15 is 0 Å². The van der Waals surface area contributed by atoms with Gasteiger partial charge in [-0.3, -0.25) is 0 Å². The van der Waals surface area contributed by atoms with Crippen molar-refractivity contribution in [1.29, 1.82) is 0 Å². The number of rotatable bonds is 2. The number of aliphatic hydroxyl groups excluding tert-OH is 4. The maximum atomic E-state index is 9.25. The van der Waals surface area contributed by atoms with E-state index in [-0.39, 0.29) is 0 Å². The van der Waals surface area contributed by atoms with Gasteiger partial charge in [0.15, 0.2) is 0 Å². The molecule has 0 aromatic heterocycles. The minimum Gasteiger partial charge on any atom is -0.394 e. The molecule has 0 bridgehead atoms. The van der Waals surface area contributed by atoms with Crippen LogP contribution in [-0.2, 0) is 4.74 Å². The summed E-state index contributed by atoms with van der Waals surface area (Å²) in [6.45, 7) is -1.36. The molecule has 0 aromatic carbocycles. The van der Waals surface area contributed by atoms with E-state index in [1.807, 2.05) is 0 Å². The van der Waals surface area contributed by atoms with E-state index in [0.717, 1.165) is 0 Å². The molecule has 5 N–H and O–H groups in total. The lowest BCUT2D eigenvalue weighted by molar-refractivity contribution is -0.248. The highest BCUT2D eigenvalue weighted by atomic mass is 16.7. The predicted molar refractivity (Wildman–Crippen MR) is 36.0 cm³/mol. The summed E-state index contributed by atoms with van der Waals surface area (Å²) in [6, 6.07) is 0. The van der Waals surface area contributed by atoms with Crippen molar-refractivity contribution in [2.75, 3.05) is 13.2 Å². The summed E-state index contributed by atoms with van der Waals surface area (Å²) >= 11 is 0. The zero-order valence-electron chi connectivity index (χ0n) is 6.29. The van der Waals surface area contributed by atoms with Crippen LogP contribution in [0.2, 0.25) is 0 Å². The molecule has 0 aromatic rings. The molecule has 72 valence electrons. The second-order valence-electron chi connectivity index (χ2n) is 2.78. The molecule has 4 atom stereocenters. The third kappa shape index (κ3) is 1.33. The van der Waals surface area contributed by atoms with Gasteiger partial charge in [0.25, 0.3) is 0 Å². The Kier molecular flexibility index (Phi) is 2.67. The summed E-state index contributed by atoms with van der Waals surface area (Å²) in [4.78, 5) is 0. The average Bonchev–Trinajstić information content (AvgIpc) is 2.31.